The number of hydrogen-bond acceptors (Lipinski definition) is 9. The first-order valence-corrected chi connectivity index (χ1v) is 14.4. The Kier molecular flexibility index (Phi) is 7.64. The van der Waals surface area contributed by atoms with E-state index in [-0.39, 0.29) is 24.5 Å². The topological polar surface area (TPSA) is 105 Å². The van der Waals surface area contributed by atoms with Crippen LogP contribution >= 0.6 is 56.5 Å². The van der Waals surface area contributed by atoms with E-state index in [1.54, 1.807) is 38.1 Å². The van der Waals surface area contributed by atoms with Gasteiger partial charge in [-0.15, -0.1) is 0 Å². The molecule has 1 aromatic heterocycles. The number of carbonyl (C=O) groups excluding carboxylic acids is 2. The van der Waals surface area contributed by atoms with Crippen LogP contribution in [0, 0.1) is 7.14 Å². The van der Waals surface area contributed by atoms with Gasteiger partial charge in [0.05, 0.1) is 32.0 Å². The molecular formula is C26H20I2N2O7S. The van der Waals surface area contributed by atoms with Gasteiger partial charge in [0.25, 0.3) is 5.56 Å². The molecule has 0 unspecified atom stereocenters. The maximum absolute atomic E-state index is 13.9. The largest absolute Gasteiger partial charge is 0.463 e. The molecule has 0 saturated heterocycles. The van der Waals surface area contributed by atoms with Gasteiger partial charge in [-0.2, -0.15) is 0 Å². The van der Waals surface area contributed by atoms with E-state index in [1.165, 1.54) is 22.8 Å². The molecule has 5 rings (SSSR count). The van der Waals surface area contributed by atoms with Crippen LogP contribution in [-0.2, 0) is 14.3 Å². The lowest BCUT2D eigenvalue weighted by atomic mass is 9.95. The molecule has 3 aromatic rings. The van der Waals surface area contributed by atoms with Crippen LogP contribution in [0.2, 0.25) is 0 Å². The van der Waals surface area contributed by atoms with Crippen molar-refractivity contribution in [3.63, 3.8) is 0 Å². The molecule has 0 spiro atoms. The number of hydrogen-bond donors (Lipinski definition) is 0. The Hall–Kier alpha value is -2.72. The Morgan fingerprint density at radius 1 is 1.21 bits per heavy atom. The first-order chi connectivity index (χ1) is 18.2. The minimum Gasteiger partial charge on any atom is -0.463 e. The monoisotopic (exact) mass is 758 g/mol. The maximum Gasteiger partial charge on any atom is 0.338 e. The maximum atomic E-state index is 13.9. The SMILES string of the molecule is CCOC(=O)C1=C(C)N=c2s/c(=C\c3cc(I)cc(I)c3OC(C)=O)c(=O)n2[C@H]1c1ccc2c(c1)OCO2. The van der Waals surface area contributed by atoms with Crippen molar-refractivity contribution in [3.05, 3.63) is 79.6 Å². The third-order valence-corrected chi connectivity index (χ3v) is 8.21. The van der Waals surface area contributed by atoms with E-state index >= 15 is 0 Å². The van der Waals surface area contributed by atoms with E-state index in [2.05, 4.69) is 50.2 Å². The molecule has 0 fully saturated rings. The molecular weight excluding hydrogens is 738 g/mol. The number of thiazole rings is 1. The Morgan fingerprint density at radius 3 is 2.71 bits per heavy atom. The molecule has 3 heterocycles. The number of ether oxygens (including phenoxy) is 4. The fraction of sp³-hybridized carbons (Fsp3) is 0.231. The zero-order valence-corrected chi connectivity index (χ0v) is 25.5. The molecule has 9 nitrogen and oxygen atoms in total. The summed E-state index contributed by atoms with van der Waals surface area (Å²) in [5.74, 6) is 0.487. The summed E-state index contributed by atoms with van der Waals surface area (Å²) in [6.07, 6.45) is 1.69. The van der Waals surface area contributed by atoms with Crippen LogP contribution in [0.3, 0.4) is 0 Å². The third kappa shape index (κ3) is 5.00. The van der Waals surface area contributed by atoms with Crippen molar-refractivity contribution in [1.82, 2.24) is 4.57 Å². The van der Waals surface area contributed by atoms with Crippen molar-refractivity contribution in [2.24, 2.45) is 4.99 Å². The predicted octanol–water partition coefficient (Wildman–Crippen LogP) is 3.66. The smallest absolute Gasteiger partial charge is 0.338 e. The van der Waals surface area contributed by atoms with Gasteiger partial charge < -0.3 is 18.9 Å². The van der Waals surface area contributed by atoms with Gasteiger partial charge in [-0.05, 0) is 94.9 Å². The predicted molar refractivity (Wildman–Crippen MR) is 156 cm³/mol. The number of aromatic nitrogens is 1. The van der Waals surface area contributed by atoms with Crippen LogP contribution in [0.1, 0.15) is 37.9 Å². The second-order valence-electron chi connectivity index (χ2n) is 8.31. The lowest BCUT2D eigenvalue weighted by molar-refractivity contribution is -0.139. The fourth-order valence-electron chi connectivity index (χ4n) is 4.27. The number of fused-ring (bicyclic) bond motifs is 2. The van der Waals surface area contributed by atoms with Crippen LogP contribution in [0.15, 0.2) is 51.4 Å². The van der Waals surface area contributed by atoms with Gasteiger partial charge in [0.15, 0.2) is 22.0 Å². The zero-order valence-electron chi connectivity index (χ0n) is 20.4. The van der Waals surface area contributed by atoms with E-state index in [4.69, 9.17) is 18.9 Å². The molecule has 2 aliphatic heterocycles. The highest BCUT2D eigenvalue weighted by atomic mass is 127. The molecule has 0 radical (unpaired) electrons. The van der Waals surface area contributed by atoms with Crippen molar-refractivity contribution in [2.75, 3.05) is 13.4 Å². The van der Waals surface area contributed by atoms with Crippen molar-refractivity contribution >= 4 is 74.5 Å². The summed E-state index contributed by atoms with van der Waals surface area (Å²) in [6.45, 7) is 5.06. The number of benzene rings is 2. The summed E-state index contributed by atoms with van der Waals surface area (Å²) in [6, 6.07) is 8.25. The van der Waals surface area contributed by atoms with E-state index in [0.29, 0.717) is 43.4 Å². The van der Waals surface area contributed by atoms with Gasteiger partial charge in [0.1, 0.15) is 0 Å². The molecule has 0 N–H and O–H groups in total. The number of esters is 2. The van der Waals surface area contributed by atoms with Gasteiger partial charge in [0, 0.05) is 16.1 Å². The minimum atomic E-state index is -0.786. The Labute approximate surface area is 248 Å². The molecule has 1 atom stereocenters. The van der Waals surface area contributed by atoms with Crippen molar-refractivity contribution in [1.29, 1.82) is 0 Å². The Bertz CT molecular complexity index is 1710. The molecule has 0 bridgehead atoms. The second-order valence-corrected chi connectivity index (χ2v) is 11.7. The summed E-state index contributed by atoms with van der Waals surface area (Å²) < 4.78 is 25.3. The lowest BCUT2D eigenvalue weighted by Gasteiger charge is -2.24. The van der Waals surface area contributed by atoms with E-state index < -0.39 is 18.0 Å². The van der Waals surface area contributed by atoms with Crippen molar-refractivity contribution in [3.8, 4) is 17.2 Å². The van der Waals surface area contributed by atoms with Gasteiger partial charge in [-0.3, -0.25) is 14.2 Å². The van der Waals surface area contributed by atoms with Crippen LogP contribution in [-0.4, -0.2) is 29.9 Å². The highest BCUT2D eigenvalue weighted by molar-refractivity contribution is 14.1. The molecule has 12 heteroatoms. The summed E-state index contributed by atoms with van der Waals surface area (Å²) in [5, 5.41) is 0. The highest BCUT2D eigenvalue weighted by Gasteiger charge is 2.34. The summed E-state index contributed by atoms with van der Waals surface area (Å²) in [4.78, 5) is 43.8. The van der Waals surface area contributed by atoms with Gasteiger partial charge in [0.2, 0.25) is 6.79 Å². The summed E-state index contributed by atoms with van der Waals surface area (Å²) in [7, 11) is 0. The van der Waals surface area contributed by atoms with E-state index in [0.717, 1.165) is 7.14 Å². The Balaban J connectivity index is 1.74. The fourth-order valence-corrected chi connectivity index (χ4v) is 7.31. The van der Waals surface area contributed by atoms with Gasteiger partial charge in [-0.1, -0.05) is 17.4 Å². The van der Waals surface area contributed by atoms with Crippen LogP contribution in [0.5, 0.6) is 17.2 Å². The Morgan fingerprint density at radius 2 is 1.97 bits per heavy atom. The average Bonchev–Trinajstić information content (AvgIpc) is 3.44. The minimum absolute atomic E-state index is 0.0977. The first kappa shape index (κ1) is 26.9. The molecule has 2 aliphatic rings. The van der Waals surface area contributed by atoms with Crippen LogP contribution < -0.4 is 29.1 Å². The van der Waals surface area contributed by atoms with E-state index in [1.807, 2.05) is 12.1 Å². The standard InChI is InChI=1S/C26H20I2N2O7S/c1-4-34-25(33)21-12(2)29-26-30(22(21)14-5-6-18-19(8-14)36-11-35-18)24(32)20(38-26)9-15-7-16(27)10-17(28)23(15)37-13(3)31/h5-10,22H,4,11H2,1-3H3/b20-9-/t22-/m0/s1. The van der Waals surface area contributed by atoms with Crippen LogP contribution in [0.25, 0.3) is 6.08 Å². The third-order valence-electron chi connectivity index (χ3n) is 5.80. The number of nitrogens with zero attached hydrogens (tertiary/aromatic N) is 2. The van der Waals surface area contributed by atoms with Gasteiger partial charge in [-0.25, -0.2) is 9.79 Å². The zero-order chi connectivity index (χ0) is 27.1. The summed E-state index contributed by atoms with van der Waals surface area (Å²) >= 11 is 5.46. The average molecular weight is 758 g/mol. The van der Waals surface area contributed by atoms with Gasteiger partial charge >= 0.3 is 11.9 Å². The quantitative estimate of drug-likeness (QED) is 0.223. The highest BCUT2D eigenvalue weighted by Crippen LogP contribution is 2.38. The summed E-state index contributed by atoms with van der Waals surface area (Å²) in [5.41, 5.74) is 1.64. The first-order valence-electron chi connectivity index (χ1n) is 11.4. The molecule has 0 amide bonds. The van der Waals surface area contributed by atoms with E-state index in [9.17, 15) is 14.4 Å². The number of halogens is 2. The number of carbonyl (C=O) groups is 2. The molecule has 196 valence electrons. The van der Waals surface area contributed by atoms with Crippen molar-refractivity contribution < 1.29 is 28.5 Å². The molecule has 0 aliphatic carbocycles. The number of allylic oxidation sites excluding steroid dienone is 1. The molecule has 2 aromatic carbocycles. The second kappa shape index (κ2) is 10.8. The van der Waals surface area contributed by atoms with Crippen molar-refractivity contribution in [2.45, 2.75) is 26.8 Å². The lowest BCUT2D eigenvalue weighted by Crippen LogP contribution is -2.39. The normalized spacial score (nSPS) is 16.2. The number of rotatable bonds is 5. The molecule has 0 saturated carbocycles. The molecule has 38 heavy (non-hydrogen) atoms. The van der Waals surface area contributed by atoms with Crippen LogP contribution in [0.4, 0.5) is 0 Å².